The largest absolute Gasteiger partial charge is 0.348 e. The van der Waals surface area contributed by atoms with E-state index in [1.165, 1.54) is 6.42 Å². The predicted octanol–water partition coefficient (Wildman–Crippen LogP) is 0.504. The number of hydrogen-bond donors (Lipinski definition) is 1. The number of piperazine rings is 1. The zero-order valence-electron chi connectivity index (χ0n) is 8.35. The summed E-state index contributed by atoms with van der Waals surface area (Å²) in [6, 6.07) is 7.07. The Morgan fingerprint density at radius 1 is 1.40 bits per heavy atom. The maximum Gasteiger partial charge on any atom is 0.129 e. The molecule has 0 radical (unpaired) electrons. The quantitative estimate of drug-likeness (QED) is 0.717. The first-order valence-corrected chi connectivity index (χ1v) is 5.23. The zero-order valence-corrected chi connectivity index (χ0v) is 8.35. The molecule has 2 fully saturated rings. The fourth-order valence-corrected chi connectivity index (χ4v) is 2.46. The Bertz CT molecular complexity index is 392. The molecule has 2 bridgehead atoms. The summed E-state index contributed by atoms with van der Waals surface area (Å²) in [6.45, 7) is 2.11. The number of aromatic nitrogens is 1. The Morgan fingerprint density at radius 3 is 2.73 bits per heavy atom. The van der Waals surface area contributed by atoms with E-state index >= 15 is 0 Å². The summed E-state index contributed by atoms with van der Waals surface area (Å²) in [7, 11) is 0. The van der Waals surface area contributed by atoms with E-state index in [0.29, 0.717) is 17.6 Å². The molecule has 3 heterocycles. The summed E-state index contributed by atoms with van der Waals surface area (Å²) in [5.41, 5.74) is 0.627. The number of nitrogens with zero attached hydrogens (tertiary/aromatic N) is 3. The van der Waals surface area contributed by atoms with Crippen molar-refractivity contribution in [3.8, 4) is 6.07 Å². The summed E-state index contributed by atoms with van der Waals surface area (Å²) in [6.07, 6.45) is 2.92. The molecule has 0 saturated carbocycles. The van der Waals surface area contributed by atoms with Gasteiger partial charge in [0, 0.05) is 31.4 Å². The number of nitrogens with one attached hydrogen (secondary N) is 1. The molecule has 15 heavy (non-hydrogen) atoms. The third kappa shape index (κ3) is 1.28. The van der Waals surface area contributed by atoms with Crippen LogP contribution in [-0.2, 0) is 0 Å². The minimum atomic E-state index is 0.601. The fourth-order valence-electron chi connectivity index (χ4n) is 2.46. The minimum Gasteiger partial charge on any atom is -0.348 e. The zero-order chi connectivity index (χ0) is 10.3. The van der Waals surface area contributed by atoms with Crippen LogP contribution in [0.25, 0.3) is 0 Å². The van der Waals surface area contributed by atoms with Crippen LogP contribution < -0.4 is 10.2 Å². The Hall–Kier alpha value is -1.60. The molecule has 0 spiro atoms. The van der Waals surface area contributed by atoms with Crippen LogP contribution in [0.4, 0.5) is 5.82 Å². The second kappa shape index (κ2) is 3.21. The van der Waals surface area contributed by atoms with Crippen molar-refractivity contribution in [1.82, 2.24) is 10.3 Å². The summed E-state index contributed by atoms with van der Waals surface area (Å²) in [5.74, 6) is 1.01. The van der Waals surface area contributed by atoms with E-state index in [1.54, 1.807) is 6.20 Å². The van der Waals surface area contributed by atoms with Gasteiger partial charge in [0.05, 0.1) is 5.56 Å². The average Bonchev–Trinajstić information content (AvgIpc) is 2.31. The number of rotatable bonds is 1. The van der Waals surface area contributed by atoms with Crippen LogP contribution in [0.2, 0.25) is 0 Å². The molecule has 76 valence electrons. The van der Waals surface area contributed by atoms with Gasteiger partial charge in [0.2, 0.25) is 0 Å². The lowest BCUT2D eigenvalue weighted by Crippen LogP contribution is -2.68. The smallest absolute Gasteiger partial charge is 0.129 e. The van der Waals surface area contributed by atoms with Gasteiger partial charge in [0.25, 0.3) is 0 Å². The maximum atomic E-state index is 8.69. The molecule has 1 aromatic heterocycles. The van der Waals surface area contributed by atoms with Crippen LogP contribution in [0.15, 0.2) is 18.3 Å². The summed E-state index contributed by atoms with van der Waals surface area (Å²) in [4.78, 5) is 6.69. The molecule has 0 aliphatic carbocycles. The van der Waals surface area contributed by atoms with Gasteiger partial charge in [0.1, 0.15) is 11.9 Å². The lowest BCUT2D eigenvalue weighted by molar-refractivity contribution is 0.260. The van der Waals surface area contributed by atoms with Gasteiger partial charge in [-0.05, 0) is 18.6 Å². The highest BCUT2D eigenvalue weighted by molar-refractivity contribution is 5.48. The average molecular weight is 200 g/mol. The fraction of sp³-hybridized carbons (Fsp3) is 0.455. The molecule has 2 aliphatic heterocycles. The van der Waals surface area contributed by atoms with E-state index in [2.05, 4.69) is 21.3 Å². The van der Waals surface area contributed by atoms with Crippen LogP contribution in [0, 0.1) is 11.3 Å². The number of hydrogen-bond acceptors (Lipinski definition) is 4. The molecular formula is C11H12N4. The minimum absolute atomic E-state index is 0.601. The lowest BCUT2D eigenvalue weighted by Gasteiger charge is -2.53. The van der Waals surface area contributed by atoms with Crippen molar-refractivity contribution in [2.75, 3.05) is 18.0 Å². The van der Waals surface area contributed by atoms with Crippen LogP contribution in [-0.4, -0.2) is 30.2 Å². The van der Waals surface area contributed by atoms with E-state index in [4.69, 9.17) is 5.26 Å². The maximum absolute atomic E-state index is 8.69. The van der Waals surface area contributed by atoms with Crippen molar-refractivity contribution in [3.05, 3.63) is 23.9 Å². The monoisotopic (exact) mass is 200 g/mol. The highest BCUT2D eigenvalue weighted by atomic mass is 15.3. The molecule has 2 unspecified atom stereocenters. The van der Waals surface area contributed by atoms with Gasteiger partial charge in [0.15, 0.2) is 0 Å². The third-order valence-corrected chi connectivity index (χ3v) is 3.23. The molecule has 4 heteroatoms. The molecule has 1 N–H and O–H groups in total. The number of nitriles is 1. The summed E-state index contributed by atoms with van der Waals surface area (Å²) < 4.78 is 0. The number of pyridine rings is 1. The number of piperidine rings is 1. The van der Waals surface area contributed by atoms with Crippen LogP contribution in [0.5, 0.6) is 0 Å². The van der Waals surface area contributed by atoms with Gasteiger partial charge >= 0.3 is 0 Å². The van der Waals surface area contributed by atoms with Crippen molar-refractivity contribution in [2.45, 2.75) is 18.5 Å². The van der Waals surface area contributed by atoms with Gasteiger partial charge in [-0.3, -0.25) is 0 Å². The van der Waals surface area contributed by atoms with E-state index in [1.807, 2.05) is 12.1 Å². The highest BCUT2D eigenvalue weighted by Crippen LogP contribution is 2.32. The number of fused-ring (bicyclic) bond motifs is 2. The van der Waals surface area contributed by atoms with E-state index in [0.717, 1.165) is 18.9 Å². The van der Waals surface area contributed by atoms with E-state index in [-0.39, 0.29) is 0 Å². The first-order valence-electron chi connectivity index (χ1n) is 5.23. The van der Waals surface area contributed by atoms with Gasteiger partial charge < -0.3 is 10.2 Å². The van der Waals surface area contributed by atoms with Crippen molar-refractivity contribution >= 4 is 5.82 Å². The third-order valence-electron chi connectivity index (χ3n) is 3.23. The SMILES string of the molecule is N#Cc1ccc(N2C3CNCC2C3)nc1. The van der Waals surface area contributed by atoms with Gasteiger partial charge in [-0.1, -0.05) is 0 Å². The van der Waals surface area contributed by atoms with Gasteiger partial charge in [-0.25, -0.2) is 4.98 Å². The van der Waals surface area contributed by atoms with Crippen LogP contribution >= 0.6 is 0 Å². The number of anilines is 1. The molecule has 0 aromatic carbocycles. The lowest BCUT2D eigenvalue weighted by atomic mass is 9.89. The first-order chi connectivity index (χ1) is 7.38. The van der Waals surface area contributed by atoms with Crippen molar-refractivity contribution < 1.29 is 0 Å². The van der Waals surface area contributed by atoms with Crippen molar-refractivity contribution in [1.29, 1.82) is 5.26 Å². The van der Waals surface area contributed by atoms with Gasteiger partial charge in [-0.15, -0.1) is 0 Å². The predicted molar refractivity (Wildman–Crippen MR) is 56.5 cm³/mol. The molecule has 0 amide bonds. The normalized spacial score (nSPS) is 28.1. The second-order valence-electron chi connectivity index (χ2n) is 4.13. The molecule has 2 aliphatic rings. The Balaban J connectivity index is 1.85. The van der Waals surface area contributed by atoms with Crippen LogP contribution in [0.3, 0.4) is 0 Å². The van der Waals surface area contributed by atoms with Crippen molar-refractivity contribution in [2.24, 2.45) is 0 Å². The highest BCUT2D eigenvalue weighted by Gasteiger charge is 2.41. The Morgan fingerprint density at radius 2 is 2.20 bits per heavy atom. The summed E-state index contributed by atoms with van der Waals surface area (Å²) in [5, 5.41) is 12.1. The molecule has 2 saturated heterocycles. The second-order valence-corrected chi connectivity index (χ2v) is 4.13. The Labute approximate surface area is 88.5 Å². The molecule has 3 rings (SSSR count). The van der Waals surface area contributed by atoms with E-state index < -0.39 is 0 Å². The molecule has 4 nitrogen and oxygen atoms in total. The van der Waals surface area contributed by atoms with E-state index in [9.17, 15) is 0 Å². The van der Waals surface area contributed by atoms with Gasteiger partial charge in [-0.2, -0.15) is 5.26 Å². The molecule has 1 aromatic rings. The Kier molecular flexibility index (Phi) is 1.86. The van der Waals surface area contributed by atoms with Crippen molar-refractivity contribution in [3.63, 3.8) is 0 Å². The summed E-state index contributed by atoms with van der Waals surface area (Å²) >= 11 is 0. The first kappa shape index (κ1) is 8.69. The molecular weight excluding hydrogens is 188 g/mol. The standard InChI is InChI=1S/C11H12N4/c12-4-8-1-2-11(14-5-8)15-9-3-10(15)7-13-6-9/h1-2,5,9-10,13H,3,6-7H2. The van der Waals surface area contributed by atoms with Crippen LogP contribution in [0.1, 0.15) is 12.0 Å². The molecule has 2 atom stereocenters. The topological polar surface area (TPSA) is 52.0 Å².